The van der Waals surface area contributed by atoms with Crippen molar-refractivity contribution in [3.8, 4) is 11.3 Å². The molecule has 8 nitrogen and oxygen atoms in total. The summed E-state index contributed by atoms with van der Waals surface area (Å²) in [6.45, 7) is 8.95. The fraction of sp³-hybridized carbons (Fsp3) is 0.535. The van der Waals surface area contributed by atoms with Crippen LogP contribution in [0.1, 0.15) is 118 Å². The number of allylic oxidation sites excluding steroid dienone is 2. The Balaban J connectivity index is 1.41. The summed E-state index contributed by atoms with van der Waals surface area (Å²) in [5.41, 5.74) is -0.110. The highest BCUT2D eigenvalue weighted by atomic mass is 35.5. The Morgan fingerprint density at radius 2 is 1.85 bits per heavy atom. The summed E-state index contributed by atoms with van der Waals surface area (Å²) in [5.74, 6) is -0.858. The fourth-order valence-corrected chi connectivity index (χ4v) is 8.94. The molecule has 3 aromatic rings. The van der Waals surface area contributed by atoms with Crippen molar-refractivity contribution in [3.05, 3.63) is 93.2 Å². The van der Waals surface area contributed by atoms with Crippen LogP contribution in [0.3, 0.4) is 0 Å². The number of nitrogens with zero attached hydrogens (tertiary/aromatic N) is 1. The van der Waals surface area contributed by atoms with E-state index in [0.29, 0.717) is 69.2 Å². The lowest BCUT2D eigenvalue weighted by Gasteiger charge is -2.46. The largest absolute Gasteiger partial charge is 0.453 e. The van der Waals surface area contributed by atoms with E-state index in [-0.39, 0.29) is 52.7 Å². The summed E-state index contributed by atoms with van der Waals surface area (Å²) in [7, 11) is 0. The predicted molar refractivity (Wildman–Crippen MR) is 205 cm³/mol. The maximum absolute atomic E-state index is 14.6. The Bertz CT molecular complexity index is 1900. The van der Waals surface area contributed by atoms with E-state index in [4.69, 9.17) is 20.8 Å². The summed E-state index contributed by atoms with van der Waals surface area (Å²) >= 11 is 6.32. The summed E-state index contributed by atoms with van der Waals surface area (Å²) in [5, 5.41) is 26.9. The molecular formula is C43H52ClF3N2O6. The number of ether oxygens (including phenoxy) is 1. The number of carbonyl (C=O) groups excluding carboxylic acids is 2. The second-order valence-electron chi connectivity index (χ2n) is 16.3. The first-order valence-corrected chi connectivity index (χ1v) is 19.7. The van der Waals surface area contributed by atoms with Crippen molar-refractivity contribution < 1.29 is 42.1 Å². The Morgan fingerprint density at radius 1 is 1.07 bits per heavy atom. The number of amides is 2. The molecule has 2 bridgehead atoms. The highest BCUT2D eigenvalue weighted by Crippen LogP contribution is 2.59. The Morgan fingerprint density at radius 3 is 2.56 bits per heavy atom. The van der Waals surface area contributed by atoms with Gasteiger partial charge in [0.1, 0.15) is 5.76 Å². The van der Waals surface area contributed by atoms with E-state index in [0.717, 1.165) is 42.2 Å². The lowest BCUT2D eigenvalue weighted by atomic mass is 9.64. The molecule has 5 atom stereocenters. The number of rotatable bonds is 8. The molecule has 298 valence electrons. The van der Waals surface area contributed by atoms with E-state index in [1.54, 1.807) is 11.0 Å². The first kappa shape index (κ1) is 41.0. The molecule has 0 radical (unpaired) electrons. The molecule has 1 aromatic heterocycles. The van der Waals surface area contributed by atoms with Gasteiger partial charge in [-0.2, -0.15) is 13.2 Å². The van der Waals surface area contributed by atoms with Crippen LogP contribution in [-0.4, -0.2) is 70.5 Å². The van der Waals surface area contributed by atoms with E-state index in [1.165, 1.54) is 12.1 Å². The molecule has 1 saturated carbocycles. The molecule has 7 rings (SSSR count). The van der Waals surface area contributed by atoms with Crippen LogP contribution in [-0.2, 0) is 17.3 Å². The normalized spacial score (nSPS) is 26.1. The van der Waals surface area contributed by atoms with Crippen molar-refractivity contribution >= 4 is 23.4 Å². The van der Waals surface area contributed by atoms with Gasteiger partial charge in [-0.3, -0.25) is 4.79 Å². The average Bonchev–Trinajstić information content (AvgIpc) is 3.87. The standard InChI is InChI=1S/C43H52ClF3N2O6/c1-26(2)48-40(52)49(24-31-8-6-20-54-31)25-42(53)19-17-35-32-13-10-28(21-30(50)12-9-27(3)7-5-18-41(35,42)4)22-33(32)39(51)38-16-15-37(55-38)34-23-29(43(45,46)47)11-14-36(34)44/h7,10-11,13-16,22-23,26,30-31,35,50,53H,5-6,8-9,12,17-21,24-25H2,1-4H3,(H,48,52). The zero-order valence-corrected chi connectivity index (χ0v) is 32.7. The second-order valence-corrected chi connectivity index (χ2v) is 16.7. The van der Waals surface area contributed by atoms with Gasteiger partial charge in [0.05, 0.1) is 34.9 Å². The molecule has 5 unspecified atom stereocenters. The van der Waals surface area contributed by atoms with Gasteiger partial charge in [-0.25, -0.2) is 4.79 Å². The van der Waals surface area contributed by atoms with Crippen molar-refractivity contribution in [2.45, 2.75) is 121 Å². The number of fused-ring (bicyclic) bond motifs is 8. The first-order valence-electron chi connectivity index (χ1n) is 19.3. The highest BCUT2D eigenvalue weighted by molar-refractivity contribution is 6.33. The molecule has 0 spiro atoms. The van der Waals surface area contributed by atoms with Gasteiger partial charge in [-0.05, 0) is 132 Å². The molecule has 2 heterocycles. The molecule has 4 aliphatic rings. The van der Waals surface area contributed by atoms with Crippen LogP contribution in [0.5, 0.6) is 0 Å². The molecular weight excluding hydrogens is 733 g/mol. The van der Waals surface area contributed by atoms with Gasteiger partial charge in [0.15, 0.2) is 5.76 Å². The van der Waals surface area contributed by atoms with Gasteiger partial charge in [-0.15, -0.1) is 0 Å². The molecule has 3 N–H and O–H groups in total. The van der Waals surface area contributed by atoms with E-state index >= 15 is 0 Å². The lowest BCUT2D eigenvalue weighted by molar-refractivity contribution is -0.137. The quantitative estimate of drug-likeness (QED) is 0.155. The Labute approximate surface area is 326 Å². The van der Waals surface area contributed by atoms with Gasteiger partial charge in [0.2, 0.25) is 5.78 Å². The second kappa shape index (κ2) is 16.5. The number of carbonyl (C=O) groups is 2. The summed E-state index contributed by atoms with van der Waals surface area (Å²) in [6, 6.07) is 11.0. The third-order valence-electron chi connectivity index (χ3n) is 11.9. The topological polar surface area (TPSA) is 112 Å². The summed E-state index contributed by atoms with van der Waals surface area (Å²) in [4.78, 5) is 29.9. The van der Waals surface area contributed by atoms with Crippen molar-refractivity contribution in [2.75, 3.05) is 19.7 Å². The van der Waals surface area contributed by atoms with E-state index < -0.39 is 34.6 Å². The van der Waals surface area contributed by atoms with Crippen molar-refractivity contribution in [2.24, 2.45) is 5.41 Å². The summed E-state index contributed by atoms with van der Waals surface area (Å²) < 4.78 is 52.7. The van der Waals surface area contributed by atoms with Crippen LogP contribution in [0.15, 0.2) is 64.6 Å². The Hall–Kier alpha value is -3.64. The molecule has 2 fully saturated rings. The number of halogens is 4. The average molecular weight is 785 g/mol. The fourth-order valence-electron chi connectivity index (χ4n) is 8.73. The number of urea groups is 1. The smallest absolute Gasteiger partial charge is 0.416 e. The molecule has 2 aromatic carbocycles. The molecule has 2 amide bonds. The molecule has 1 aliphatic heterocycles. The van der Waals surface area contributed by atoms with Crippen LogP contribution in [0.2, 0.25) is 5.02 Å². The first-order chi connectivity index (χ1) is 26.0. The van der Waals surface area contributed by atoms with Gasteiger partial charge in [-0.1, -0.05) is 42.3 Å². The maximum atomic E-state index is 14.6. The van der Waals surface area contributed by atoms with Crippen LogP contribution >= 0.6 is 11.6 Å². The zero-order chi connectivity index (χ0) is 39.7. The number of hydrogen-bond acceptors (Lipinski definition) is 6. The molecule has 3 aliphatic carbocycles. The van der Waals surface area contributed by atoms with Gasteiger partial charge >= 0.3 is 12.2 Å². The highest BCUT2D eigenvalue weighted by Gasteiger charge is 2.58. The van der Waals surface area contributed by atoms with Crippen LogP contribution in [0, 0.1) is 5.41 Å². The van der Waals surface area contributed by atoms with Crippen LogP contribution in [0.25, 0.3) is 11.3 Å². The van der Waals surface area contributed by atoms with Crippen molar-refractivity contribution in [1.29, 1.82) is 0 Å². The predicted octanol–water partition coefficient (Wildman–Crippen LogP) is 9.49. The zero-order valence-electron chi connectivity index (χ0n) is 32.0. The Kier molecular flexibility index (Phi) is 12.3. The number of aliphatic hydroxyl groups excluding tert-OH is 1. The van der Waals surface area contributed by atoms with Crippen molar-refractivity contribution in [3.63, 3.8) is 0 Å². The monoisotopic (exact) mass is 784 g/mol. The molecule has 12 heteroatoms. The third-order valence-corrected chi connectivity index (χ3v) is 12.2. The molecule has 1 saturated heterocycles. The van der Waals surface area contributed by atoms with Crippen LogP contribution < -0.4 is 5.32 Å². The minimum Gasteiger partial charge on any atom is -0.453 e. The maximum Gasteiger partial charge on any atom is 0.416 e. The number of benzene rings is 2. The number of alkyl halides is 3. The van der Waals surface area contributed by atoms with Gasteiger partial charge < -0.3 is 29.6 Å². The SMILES string of the molecule is CC1=CCCC2(C)C(CCC2(O)CN(CC2CCCO2)C(=O)NC(C)C)c2ccc(cc2C(=O)c2ccc(-c3cc(C(F)(F)F)ccc3Cl)o2)CC(O)CC1. The number of furan rings is 1. The summed E-state index contributed by atoms with van der Waals surface area (Å²) in [6.07, 6.45) is 2.15. The number of nitrogens with one attached hydrogen (secondary N) is 1. The molecule has 55 heavy (non-hydrogen) atoms. The van der Waals surface area contributed by atoms with E-state index in [9.17, 15) is 33.0 Å². The third kappa shape index (κ3) is 9.01. The number of hydrogen-bond donors (Lipinski definition) is 3. The van der Waals surface area contributed by atoms with E-state index in [1.807, 2.05) is 32.9 Å². The minimum absolute atomic E-state index is 0.00735. The van der Waals surface area contributed by atoms with E-state index in [2.05, 4.69) is 18.3 Å². The lowest BCUT2D eigenvalue weighted by Crippen LogP contribution is -2.57. The minimum atomic E-state index is -4.60. The van der Waals surface area contributed by atoms with Gasteiger partial charge in [0, 0.05) is 35.7 Å². The number of aliphatic hydroxyl groups is 2. The number of ketones is 1. The van der Waals surface area contributed by atoms with Crippen LogP contribution in [0.4, 0.5) is 18.0 Å². The van der Waals surface area contributed by atoms with Gasteiger partial charge in [0.25, 0.3) is 0 Å². The van der Waals surface area contributed by atoms with Crippen molar-refractivity contribution in [1.82, 2.24) is 10.2 Å².